The van der Waals surface area contributed by atoms with Crippen molar-refractivity contribution in [1.29, 1.82) is 0 Å². The molecule has 1 aromatic heterocycles. The number of anilines is 1. The zero-order chi connectivity index (χ0) is 19.6. The number of hydrogen-bond donors (Lipinski definition) is 2. The molecular weight excluding hydrogens is 380 g/mol. The smallest absolute Gasteiger partial charge is 0.341 e. The fraction of sp³-hybridized carbons (Fsp3) is 0.350. The van der Waals surface area contributed by atoms with Gasteiger partial charge in [-0.15, -0.1) is 11.3 Å². The molecule has 0 saturated heterocycles. The molecule has 1 aliphatic carbocycles. The number of nitrogens with one attached hydrogen (secondary N) is 2. The van der Waals surface area contributed by atoms with Gasteiger partial charge in [-0.3, -0.25) is 10.1 Å². The second kappa shape index (κ2) is 8.19. The van der Waals surface area contributed by atoms with Gasteiger partial charge in [0, 0.05) is 10.4 Å². The number of rotatable bonds is 4. The molecule has 7 heteroatoms. The van der Waals surface area contributed by atoms with Gasteiger partial charge in [0.15, 0.2) is 5.11 Å². The normalized spacial score (nSPS) is 12.4. The minimum absolute atomic E-state index is 0.171. The number of carbonyl (C=O) groups excluding carboxylic acids is 2. The number of benzene rings is 1. The number of amides is 1. The summed E-state index contributed by atoms with van der Waals surface area (Å²) in [4.78, 5) is 26.1. The first-order valence-electron chi connectivity index (χ1n) is 8.91. The van der Waals surface area contributed by atoms with E-state index in [9.17, 15) is 9.59 Å². The molecule has 142 valence electrons. The second-order valence-corrected chi connectivity index (χ2v) is 8.08. The number of thiophene rings is 1. The number of ether oxygens (including phenoxy) is 1. The Hall–Kier alpha value is -2.25. The number of aryl methyl sites for hydroxylation is 3. The summed E-state index contributed by atoms with van der Waals surface area (Å²) in [5.74, 6) is -0.621. The Kier molecular flexibility index (Phi) is 5.92. The molecule has 0 radical (unpaired) electrons. The largest absolute Gasteiger partial charge is 0.462 e. The first-order valence-corrected chi connectivity index (χ1v) is 10.1. The van der Waals surface area contributed by atoms with Crippen molar-refractivity contribution < 1.29 is 14.3 Å². The zero-order valence-electron chi connectivity index (χ0n) is 15.6. The Balaban J connectivity index is 1.76. The maximum Gasteiger partial charge on any atom is 0.341 e. The lowest BCUT2D eigenvalue weighted by Crippen LogP contribution is -2.34. The maximum absolute atomic E-state index is 12.5. The van der Waals surface area contributed by atoms with E-state index in [0.717, 1.165) is 36.0 Å². The summed E-state index contributed by atoms with van der Waals surface area (Å²) < 4.78 is 5.21. The van der Waals surface area contributed by atoms with E-state index in [4.69, 9.17) is 17.0 Å². The van der Waals surface area contributed by atoms with Crippen LogP contribution in [-0.2, 0) is 17.6 Å². The predicted octanol–water partition coefficient (Wildman–Crippen LogP) is 4.16. The molecule has 1 heterocycles. The van der Waals surface area contributed by atoms with E-state index in [2.05, 4.69) is 10.6 Å². The van der Waals surface area contributed by atoms with E-state index >= 15 is 0 Å². The second-order valence-electron chi connectivity index (χ2n) is 6.57. The minimum Gasteiger partial charge on any atom is -0.462 e. The van der Waals surface area contributed by atoms with E-state index in [0.29, 0.717) is 22.7 Å². The Morgan fingerprint density at radius 1 is 1.19 bits per heavy atom. The van der Waals surface area contributed by atoms with Crippen LogP contribution in [0.1, 0.15) is 55.6 Å². The van der Waals surface area contributed by atoms with Crippen LogP contribution in [0.15, 0.2) is 18.2 Å². The average Bonchev–Trinajstić information content (AvgIpc) is 3.14. The van der Waals surface area contributed by atoms with E-state index in [1.54, 1.807) is 6.92 Å². The fourth-order valence-electron chi connectivity index (χ4n) is 3.33. The Morgan fingerprint density at radius 3 is 2.56 bits per heavy atom. The molecule has 0 saturated carbocycles. The Bertz CT molecular complexity index is 898. The van der Waals surface area contributed by atoms with Crippen molar-refractivity contribution in [2.45, 2.75) is 40.0 Å². The maximum atomic E-state index is 12.5. The highest BCUT2D eigenvalue weighted by Gasteiger charge is 2.28. The van der Waals surface area contributed by atoms with Crippen LogP contribution in [0.5, 0.6) is 0 Å². The van der Waals surface area contributed by atoms with Crippen LogP contribution < -0.4 is 10.6 Å². The molecule has 1 aromatic carbocycles. The van der Waals surface area contributed by atoms with Gasteiger partial charge in [0.25, 0.3) is 5.91 Å². The number of carbonyl (C=O) groups is 2. The molecule has 0 bridgehead atoms. The highest BCUT2D eigenvalue weighted by Crippen LogP contribution is 2.39. The highest BCUT2D eigenvalue weighted by molar-refractivity contribution is 7.80. The van der Waals surface area contributed by atoms with Crippen molar-refractivity contribution >= 4 is 45.5 Å². The van der Waals surface area contributed by atoms with Crippen LogP contribution in [0.4, 0.5) is 5.00 Å². The monoisotopic (exact) mass is 402 g/mol. The number of hydrogen-bond acceptors (Lipinski definition) is 5. The molecule has 3 rings (SSSR count). The molecule has 1 amide bonds. The van der Waals surface area contributed by atoms with Gasteiger partial charge >= 0.3 is 5.97 Å². The lowest BCUT2D eigenvalue weighted by atomic mass is 10.1. The molecule has 0 aliphatic heterocycles. The van der Waals surface area contributed by atoms with Gasteiger partial charge in [-0.1, -0.05) is 17.2 Å². The summed E-state index contributed by atoms with van der Waals surface area (Å²) in [6.45, 7) is 5.99. The molecule has 0 atom stereocenters. The Morgan fingerprint density at radius 2 is 1.89 bits per heavy atom. The third kappa shape index (κ3) is 4.36. The van der Waals surface area contributed by atoms with Gasteiger partial charge in [-0.05, 0) is 69.9 Å². The lowest BCUT2D eigenvalue weighted by Gasteiger charge is -2.11. The molecular formula is C20H22N2O3S2. The van der Waals surface area contributed by atoms with Crippen LogP contribution in [0.25, 0.3) is 0 Å². The van der Waals surface area contributed by atoms with Gasteiger partial charge in [0.05, 0.1) is 12.2 Å². The van der Waals surface area contributed by atoms with Crippen LogP contribution in [-0.4, -0.2) is 23.6 Å². The summed E-state index contributed by atoms with van der Waals surface area (Å²) >= 11 is 6.82. The zero-order valence-corrected chi connectivity index (χ0v) is 17.2. The average molecular weight is 403 g/mol. The lowest BCUT2D eigenvalue weighted by molar-refractivity contribution is 0.0527. The first kappa shape index (κ1) is 19.5. The Labute approximate surface area is 168 Å². The van der Waals surface area contributed by atoms with Crippen molar-refractivity contribution in [3.63, 3.8) is 0 Å². The molecule has 27 heavy (non-hydrogen) atoms. The van der Waals surface area contributed by atoms with E-state index in [1.165, 1.54) is 16.2 Å². The van der Waals surface area contributed by atoms with Gasteiger partial charge in [0.1, 0.15) is 5.00 Å². The van der Waals surface area contributed by atoms with Crippen LogP contribution in [0, 0.1) is 13.8 Å². The van der Waals surface area contributed by atoms with Gasteiger partial charge < -0.3 is 10.1 Å². The molecule has 1 aliphatic rings. The van der Waals surface area contributed by atoms with Crippen LogP contribution in [0.2, 0.25) is 0 Å². The molecule has 2 aromatic rings. The van der Waals surface area contributed by atoms with E-state index in [-0.39, 0.29) is 17.0 Å². The first-order chi connectivity index (χ1) is 12.9. The molecule has 2 N–H and O–H groups in total. The summed E-state index contributed by atoms with van der Waals surface area (Å²) in [7, 11) is 0. The van der Waals surface area contributed by atoms with Gasteiger partial charge in [0.2, 0.25) is 0 Å². The number of thiocarbonyl (C=S) groups is 1. The van der Waals surface area contributed by atoms with Crippen molar-refractivity contribution in [3.8, 4) is 0 Å². The summed E-state index contributed by atoms with van der Waals surface area (Å²) in [5, 5.41) is 6.54. The van der Waals surface area contributed by atoms with E-state index in [1.807, 2.05) is 32.0 Å². The molecule has 0 unspecified atom stereocenters. The minimum atomic E-state index is -0.345. The number of fused-ring (bicyclic) bond motifs is 1. The fourth-order valence-corrected chi connectivity index (χ4v) is 4.87. The van der Waals surface area contributed by atoms with Gasteiger partial charge in [-0.25, -0.2) is 4.79 Å². The van der Waals surface area contributed by atoms with Crippen LogP contribution >= 0.6 is 23.6 Å². The standard InChI is InChI=1S/C20H22N2O3S2/c1-4-25-19(24)16-14-6-5-7-15(14)27-18(16)22-20(26)21-17(23)13-9-11(2)8-12(3)10-13/h8-10H,4-7H2,1-3H3,(H2,21,22,23,26). The SMILES string of the molecule is CCOC(=O)c1c(NC(=S)NC(=O)c2cc(C)cc(C)c2)sc2c1CCC2. The number of esters is 1. The van der Waals surface area contributed by atoms with Crippen molar-refractivity contribution in [2.75, 3.05) is 11.9 Å². The van der Waals surface area contributed by atoms with Gasteiger partial charge in [-0.2, -0.15) is 0 Å². The van der Waals surface area contributed by atoms with Crippen LogP contribution in [0.3, 0.4) is 0 Å². The van der Waals surface area contributed by atoms with E-state index < -0.39 is 0 Å². The quantitative estimate of drug-likeness (QED) is 0.594. The topological polar surface area (TPSA) is 67.4 Å². The summed E-state index contributed by atoms with van der Waals surface area (Å²) in [6.07, 6.45) is 2.86. The molecule has 0 spiro atoms. The highest BCUT2D eigenvalue weighted by atomic mass is 32.1. The van der Waals surface area contributed by atoms with Crippen molar-refractivity contribution in [2.24, 2.45) is 0 Å². The third-order valence-corrected chi connectivity index (χ3v) is 5.75. The van der Waals surface area contributed by atoms with Crippen molar-refractivity contribution in [3.05, 3.63) is 50.9 Å². The third-order valence-electron chi connectivity index (χ3n) is 4.34. The van der Waals surface area contributed by atoms with Crippen molar-refractivity contribution in [1.82, 2.24) is 5.32 Å². The summed E-state index contributed by atoms with van der Waals surface area (Å²) in [6, 6.07) is 5.63. The predicted molar refractivity (Wildman–Crippen MR) is 112 cm³/mol. The molecule has 5 nitrogen and oxygen atoms in total. The molecule has 0 fully saturated rings. The summed E-state index contributed by atoms with van der Waals surface area (Å²) in [5.41, 5.74) is 4.18.